The fourth-order valence-corrected chi connectivity index (χ4v) is 4.81. The number of nitrogens with one attached hydrogen (secondary N) is 1. The van der Waals surface area contributed by atoms with Gasteiger partial charge in [0.15, 0.2) is 0 Å². The van der Waals surface area contributed by atoms with Gasteiger partial charge in [0.25, 0.3) is 15.6 Å². The predicted molar refractivity (Wildman–Crippen MR) is 89.2 cm³/mol. The Kier molecular flexibility index (Phi) is 3.21. The molecule has 0 unspecified atom stereocenters. The molecule has 2 aromatic carbocycles. The normalized spacial score (nSPS) is 14.1. The summed E-state index contributed by atoms with van der Waals surface area (Å²) in [7, 11) is -3.90. The average molecular weight is 344 g/mol. The second-order valence-corrected chi connectivity index (χ2v) is 7.46. The lowest BCUT2D eigenvalue weighted by Crippen LogP contribution is -2.29. The number of aromatic amines is 1. The lowest BCUT2D eigenvalue weighted by atomic mass is 10.2. The second kappa shape index (κ2) is 5.17. The van der Waals surface area contributed by atoms with Crippen molar-refractivity contribution >= 4 is 26.5 Å². The third-order valence-electron chi connectivity index (χ3n) is 4.24. The summed E-state index contributed by atoms with van der Waals surface area (Å²) < 4.78 is 41.0. The predicted octanol–water partition coefficient (Wildman–Crippen LogP) is 2.42. The molecule has 0 fully saturated rings. The molecule has 1 aliphatic rings. The quantitative estimate of drug-likeness (QED) is 0.776. The molecule has 0 amide bonds. The van der Waals surface area contributed by atoms with Gasteiger partial charge in [0, 0.05) is 23.5 Å². The van der Waals surface area contributed by atoms with Crippen molar-refractivity contribution in [1.29, 1.82) is 0 Å². The molecule has 4 rings (SSSR count). The summed E-state index contributed by atoms with van der Waals surface area (Å²) in [6.07, 6.45) is 1.95. The van der Waals surface area contributed by atoms with E-state index in [1.807, 2.05) is 0 Å². The second-order valence-electron chi connectivity index (χ2n) is 5.62. The highest BCUT2D eigenvalue weighted by Crippen LogP contribution is 2.35. The van der Waals surface area contributed by atoms with Crippen LogP contribution < -0.4 is 9.86 Å². The molecule has 1 aromatic heterocycles. The first-order valence-corrected chi connectivity index (χ1v) is 8.84. The van der Waals surface area contributed by atoms with Gasteiger partial charge in [-0.1, -0.05) is 12.1 Å². The molecule has 0 saturated carbocycles. The van der Waals surface area contributed by atoms with Crippen LogP contribution >= 0.6 is 0 Å². The number of sulfonamides is 1. The van der Waals surface area contributed by atoms with Crippen molar-refractivity contribution in [2.45, 2.75) is 11.3 Å². The van der Waals surface area contributed by atoms with Crippen LogP contribution in [0.25, 0.3) is 10.8 Å². The maximum absolute atomic E-state index is 13.6. The van der Waals surface area contributed by atoms with E-state index in [0.717, 1.165) is 5.56 Å². The van der Waals surface area contributed by atoms with Crippen LogP contribution in [-0.2, 0) is 16.4 Å². The minimum Gasteiger partial charge on any atom is -0.329 e. The third-order valence-corrected chi connectivity index (χ3v) is 6.11. The van der Waals surface area contributed by atoms with Gasteiger partial charge in [-0.3, -0.25) is 9.10 Å². The number of aromatic nitrogens is 1. The first-order valence-electron chi connectivity index (χ1n) is 7.40. The van der Waals surface area contributed by atoms with Crippen LogP contribution in [0.4, 0.5) is 10.1 Å². The fraction of sp³-hybridized carbons (Fsp3) is 0.118. The Morgan fingerprint density at radius 1 is 1.08 bits per heavy atom. The highest BCUT2D eigenvalue weighted by Gasteiger charge is 2.32. The first kappa shape index (κ1) is 14.9. The maximum atomic E-state index is 13.6. The average Bonchev–Trinajstić information content (AvgIpc) is 2.98. The highest BCUT2D eigenvalue weighted by atomic mass is 32.2. The fourth-order valence-electron chi connectivity index (χ4n) is 3.11. The minimum absolute atomic E-state index is 0.0446. The van der Waals surface area contributed by atoms with Gasteiger partial charge in [0.1, 0.15) is 5.82 Å². The zero-order valence-electron chi connectivity index (χ0n) is 12.5. The van der Waals surface area contributed by atoms with Crippen LogP contribution in [0.5, 0.6) is 0 Å². The van der Waals surface area contributed by atoms with Gasteiger partial charge in [-0.25, -0.2) is 12.8 Å². The van der Waals surface area contributed by atoms with Crippen molar-refractivity contribution in [1.82, 2.24) is 4.98 Å². The Morgan fingerprint density at radius 2 is 1.92 bits per heavy atom. The van der Waals surface area contributed by atoms with Crippen LogP contribution in [0.2, 0.25) is 0 Å². The Balaban J connectivity index is 1.94. The number of H-pyrrole nitrogens is 1. The highest BCUT2D eigenvalue weighted by molar-refractivity contribution is 7.93. The third kappa shape index (κ3) is 2.12. The van der Waals surface area contributed by atoms with E-state index < -0.39 is 15.8 Å². The number of nitrogens with zero attached hydrogens (tertiary/aromatic N) is 1. The summed E-state index contributed by atoms with van der Waals surface area (Å²) in [4.78, 5) is 14.5. The minimum atomic E-state index is -3.90. The molecule has 7 heteroatoms. The van der Waals surface area contributed by atoms with Crippen LogP contribution in [0.1, 0.15) is 5.56 Å². The smallest absolute Gasteiger partial charge is 0.264 e. The van der Waals surface area contributed by atoms with Gasteiger partial charge in [0.05, 0.1) is 10.6 Å². The molecule has 5 nitrogen and oxygen atoms in total. The molecule has 0 radical (unpaired) electrons. The molecular formula is C17H13FN2O3S. The molecule has 0 aliphatic carbocycles. The van der Waals surface area contributed by atoms with E-state index in [1.165, 1.54) is 34.8 Å². The van der Waals surface area contributed by atoms with E-state index in [1.54, 1.807) is 18.2 Å². The number of pyridine rings is 1. The number of rotatable bonds is 2. The van der Waals surface area contributed by atoms with Crippen LogP contribution in [0.15, 0.2) is 58.4 Å². The van der Waals surface area contributed by atoms with Gasteiger partial charge >= 0.3 is 0 Å². The Bertz CT molecular complexity index is 1120. The van der Waals surface area contributed by atoms with Gasteiger partial charge in [-0.15, -0.1) is 0 Å². The van der Waals surface area contributed by atoms with Crippen LogP contribution in [0, 0.1) is 5.82 Å². The van der Waals surface area contributed by atoms with Crippen molar-refractivity contribution in [2.24, 2.45) is 0 Å². The molecule has 24 heavy (non-hydrogen) atoms. The van der Waals surface area contributed by atoms with E-state index in [0.29, 0.717) is 22.9 Å². The summed E-state index contributed by atoms with van der Waals surface area (Å²) in [6, 6.07) is 10.3. The maximum Gasteiger partial charge on any atom is 0.264 e. The van der Waals surface area contributed by atoms with Crippen molar-refractivity contribution in [2.75, 3.05) is 10.8 Å². The SMILES string of the molecule is O=c1[nH]ccc2c(S(=O)(=O)N3CCc4ccc(F)cc43)cccc12. The Morgan fingerprint density at radius 3 is 2.75 bits per heavy atom. The van der Waals surface area contributed by atoms with Crippen molar-refractivity contribution < 1.29 is 12.8 Å². The monoisotopic (exact) mass is 344 g/mol. The molecule has 1 N–H and O–H groups in total. The van der Waals surface area contributed by atoms with Crippen LogP contribution in [0.3, 0.4) is 0 Å². The molecule has 122 valence electrons. The van der Waals surface area contributed by atoms with Gasteiger partial charge in [-0.05, 0) is 42.3 Å². The number of anilines is 1. The number of benzene rings is 2. The van der Waals surface area contributed by atoms with E-state index in [-0.39, 0.29) is 17.0 Å². The Labute approximate surface area is 137 Å². The van der Waals surface area contributed by atoms with E-state index in [9.17, 15) is 17.6 Å². The number of halogens is 1. The largest absolute Gasteiger partial charge is 0.329 e. The van der Waals surface area contributed by atoms with Crippen molar-refractivity contribution in [3.63, 3.8) is 0 Å². The standard InChI is InChI=1S/C17H13FN2O3S/c18-12-5-4-11-7-9-20(15(11)10-12)24(22,23)16-3-1-2-14-13(16)6-8-19-17(14)21/h1-6,8,10H,7,9H2,(H,19,21). The summed E-state index contributed by atoms with van der Waals surface area (Å²) >= 11 is 0. The lowest BCUT2D eigenvalue weighted by molar-refractivity contribution is 0.593. The topological polar surface area (TPSA) is 70.2 Å². The van der Waals surface area contributed by atoms with E-state index in [2.05, 4.69) is 4.98 Å². The zero-order chi connectivity index (χ0) is 16.9. The van der Waals surface area contributed by atoms with Crippen molar-refractivity contribution in [3.05, 3.63) is 70.4 Å². The van der Waals surface area contributed by atoms with Gasteiger partial charge < -0.3 is 4.98 Å². The Hall–Kier alpha value is -2.67. The summed E-state index contributed by atoms with van der Waals surface area (Å²) in [5.41, 5.74) is 0.798. The summed E-state index contributed by atoms with van der Waals surface area (Å²) in [6.45, 7) is 0.251. The molecule has 1 aliphatic heterocycles. The molecule has 3 aromatic rings. The zero-order valence-corrected chi connectivity index (χ0v) is 13.3. The molecule has 2 heterocycles. The molecule has 0 spiro atoms. The number of hydrogen-bond acceptors (Lipinski definition) is 3. The number of hydrogen-bond donors (Lipinski definition) is 1. The molecule has 0 atom stereocenters. The summed E-state index contributed by atoms with van der Waals surface area (Å²) in [5.74, 6) is -0.481. The molecule has 0 bridgehead atoms. The first-order chi connectivity index (χ1) is 11.5. The van der Waals surface area contributed by atoms with Crippen molar-refractivity contribution in [3.8, 4) is 0 Å². The van der Waals surface area contributed by atoms with Gasteiger partial charge in [0.2, 0.25) is 0 Å². The lowest BCUT2D eigenvalue weighted by Gasteiger charge is -2.20. The van der Waals surface area contributed by atoms with Crippen LogP contribution in [-0.4, -0.2) is 19.9 Å². The van der Waals surface area contributed by atoms with E-state index in [4.69, 9.17) is 0 Å². The van der Waals surface area contributed by atoms with E-state index >= 15 is 0 Å². The molecular weight excluding hydrogens is 331 g/mol. The van der Waals surface area contributed by atoms with Gasteiger partial charge in [-0.2, -0.15) is 0 Å². The summed E-state index contributed by atoms with van der Waals surface area (Å²) in [5, 5.41) is 0.656. The molecule has 0 saturated heterocycles. The number of fused-ring (bicyclic) bond motifs is 2.